The number of rotatable bonds is 6. The zero-order valence-corrected chi connectivity index (χ0v) is 13.3. The summed E-state index contributed by atoms with van der Waals surface area (Å²) in [6.07, 6.45) is 0. The molecule has 0 unspecified atom stereocenters. The maximum Gasteiger partial charge on any atom is 0.225 e. The maximum atomic E-state index is 5.61. The summed E-state index contributed by atoms with van der Waals surface area (Å²) in [5.74, 6) is 0.916. The molecule has 4 N–H and O–H groups in total. The number of nitrogens with zero attached hydrogens (tertiary/aromatic N) is 5. The zero-order chi connectivity index (χ0) is 16.1. The predicted octanol–water partition coefficient (Wildman–Crippen LogP) is 1.12. The molecule has 22 heavy (non-hydrogen) atoms. The van der Waals surface area contributed by atoms with Crippen molar-refractivity contribution in [2.75, 3.05) is 37.0 Å². The van der Waals surface area contributed by atoms with Gasteiger partial charge in [0.2, 0.25) is 11.9 Å². The number of anilines is 3. The van der Waals surface area contributed by atoms with Crippen LogP contribution >= 0.6 is 0 Å². The molecular weight excluding hydrogens is 278 g/mol. The Bertz CT molecular complexity index is 590. The molecular formula is C15H23N7. The molecule has 0 spiro atoms. The van der Waals surface area contributed by atoms with E-state index in [1.807, 2.05) is 14.1 Å². The summed E-state index contributed by atoms with van der Waals surface area (Å²) in [6.45, 7) is 4.38. The van der Waals surface area contributed by atoms with Crippen LogP contribution in [0.4, 0.5) is 17.6 Å². The van der Waals surface area contributed by atoms with Gasteiger partial charge in [0.25, 0.3) is 0 Å². The zero-order valence-electron chi connectivity index (χ0n) is 13.3. The van der Waals surface area contributed by atoms with Gasteiger partial charge < -0.3 is 16.4 Å². The minimum absolute atomic E-state index is 0.161. The number of hydrogen-bond acceptors (Lipinski definition) is 7. The third-order valence-electron chi connectivity index (χ3n) is 3.39. The molecule has 0 aliphatic carbocycles. The lowest BCUT2D eigenvalue weighted by Gasteiger charge is -2.20. The van der Waals surface area contributed by atoms with E-state index in [9.17, 15) is 0 Å². The van der Waals surface area contributed by atoms with Crippen LogP contribution in [0.1, 0.15) is 18.3 Å². The molecule has 1 heterocycles. The van der Waals surface area contributed by atoms with Gasteiger partial charge in [0.05, 0.1) is 6.54 Å². The Labute approximate surface area is 131 Å². The van der Waals surface area contributed by atoms with E-state index in [4.69, 9.17) is 11.5 Å². The number of nitrogens with two attached hydrogens (primary N) is 2. The number of benzene rings is 1. The topological polar surface area (TPSA) is 97.2 Å². The van der Waals surface area contributed by atoms with E-state index in [0.29, 0.717) is 12.4 Å². The molecule has 1 aromatic heterocycles. The third kappa shape index (κ3) is 4.29. The summed E-state index contributed by atoms with van der Waals surface area (Å²) in [7, 11) is 4.06. The Morgan fingerprint density at radius 3 is 2.00 bits per heavy atom. The highest BCUT2D eigenvalue weighted by atomic mass is 15.2. The number of hydrogen-bond donors (Lipinski definition) is 2. The van der Waals surface area contributed by atoms with Crippen molar-refractivity contribution in [1.29, 1.82) is 0 Å². The first-order valence-corrected chi connectivity index (χ1v) is 7.22. The van der Waals surface area contributed by atoms with Gasteiger partial charge in [-0.25, -0.2) is 0 Å². The van der Waals surface area contributed by atoms with E-state index in [1.54, 1.807) is 0 Å². The van der Waals surface area contributed by atoms with E-state index >= 15 is 0 Å². The number of nitrogen functional groups attached to an aromatic ring is 2. The van der Waals surface area contributed by atoms with E-state index in [2.05, 4.69) is 55.9 Å². The molecule has 7 heteroatoms. The highest BCUT2D eigenvalue weighted by Gasteiger charge is 2.09. The van der Waals surface area contributed by atoms with E-state index < -0.39 is 0 Å². The molecule has 2 aromatic rings. The summed E-state index contributed by atoms with van der Waals surface area (Å²) in [5.41, 5.74) is 13.6. The van der Waals surface area contributed by atoms with Crippen LogP contribution in [-0.2, 0) is 13.1 Å². The van der Waals surface area contributed by atoms with Gasteiger partial charge in [-0.2, -0.15) is 15.0 Å². The molecule has 7 nitrogen and oxygen atoms in total. The summed E-state index contributed by atoms with van der Waals surface area (Å²) in [6, 6.07) is 8.49. The minimum Gasteiger partial charge on any atom is -0.378 e. The predicted molar refractivity (Wildman–Crippen MR) is 89.2 cm³/mol. The van der Waals surface area contributed by atoms with Crippen molar-refractivity contribution in [1.82, 2.24) is 19.9 Å². The average Bonchev–Trinajstić information content (AvgIpc) is 2.46. The van der Waals surface area contributed by atoms with Gasteiger partial charge in [-0.05, 0) is 24.2 Å². The second-order valence-corrected chi connectivity index (χ2v) is 5.33. The van der Waals surface area contributed by atoms with Crippen molar-refractivity contribution in [3.8, 4) is 0 Å². The minimum atomic E-state index is 0.161. The average molecular weight is 301 g/mol. The lowest BCUT2D eigenvalue weighted by Crippen LogP contribution is -2.24. The monoisotopic (exact) mass is 301 g/mol. The van der Waals surface area contributed by atoms with Crippen LogP contribution in [0.2, 0.25) is 0 Å². The maximum absolute atomic E-state index is 5.61. The molecule has 0 aliphatic rings. The molecule has 0 saturated heterocycles. The largest absolute Gasteiger partial charge is 0.378 e. The fraction of sp³-hybridized carbons (Fsp3) is 0.400. The molecule has 0 radical (unpaired) electrons. The fourth-order valence-electron chi connectivity index (χ4n) is 2.16. The van der Waals surface area contributed by atoms with Crippen molar-refractivity contribution < 1.29 is 0 Å². The first-order valence-electron chi connectivity index (χ1n) is 7.22. The lowest BCUT2D eigenvalue weighted by molar-refractivity contribution is 0.264. The smallest absolute Gasteiger partial charge is 0.225 e. The van der Waals surface area contributed by atoms with Crippen molar-refractivity contribution in [2.45, 2.75) is 20.0 Å². The lowest BCUT2D eigenvalue weighted by atomic mass is 10.2. The van der Waals surface area contributed by atoms with Crippen LogP contribution in [0, 0.1) is 0 Å². The van der Waals surface area contributed by atoms with Gasteiger partial charge in [0.1, 0.15) is 5.82 Å². The molecule has 2 rings (SSSR count). The molecule has 118 valence electrons. The summed E-state index contributed by atoms with van der Waals surface area (Å²) in [5, 5.41) is 0. The van der Waals surface area contributed by atoms with Crippen LogP contribution in [0.15, 0.2) is 24.3 Å². The summed E-state index contributed by atoms with van der Waals surface area (Å²) >= 11 is 0. The highest BCUT2D eigenvalue weighted by Crippen LogP contribution is 2.14. The molecule has 0 fully saturated rings. The summed E-state index contributed by atoms with van der Waals surface area (Å²) < 4.78 is 0. The van der Waals surface area contributed by atoms with E-state index in [-0.39, 0.29) is 11.9 Å². The highest BCUT2D eigenvalue weighted by molar-refractivity contribution is 5.45. The van der Waals surface area contributed by atoms with Gasteiger partial charge in [-0.15, -0.1) is 0 Å². The van der Waals surface area contributed by atoms with Crippen LogP contribution < -0.4 is 16.4 Å². The third-order valence-corrected chi connectivity index (χ3v) is 3.39. The fourth-order valence-corrected chi connectivity index (χ4v) is 2.16. The molecule has 0 saturated carbocycles. The second kappa shape index (κ2) is 7.04. The molecule has 0 amide bonds. The van der Waals surface area contributed by atoms with Gasteiger partial charge in [0.15, 0.2) is 0 Å². The normalized spacial score (nSPS) is 10.9. The van der Waals surface area contributed by atoms with Crippen molar-refractivity contribution >= 4 is 17.6 Å². The molecule has 0 bridgehead atoms. The second-order valence-electron chi connectivity index (χ2n) is 5.33. The SMILES string of the molecule is CCN(Cc1ccc(N(C)C)cc1)Cc1nc(N)nc(N)n1. The molecule has 0 aliphatic heterocycles. The van der Waals surface area contributed by atoms with Gasteiger partial charge in [0, 0.05) is 26.3 Å². The summed E-state index contributed by atoms with van der Waals surface area (Å²) in [4.78, 5) is 16.3. The van der Waals surface area contributed by atoms with Crippen molar-refractivity contribution in [2.24, 2.45) is 0 Å². The van der Waals surface area contributed by atoms with E-state index in [0.717, 1.165) is 13.1 Å². The van der Waals surface area contributed by atoms with Gasteiger partial charge in [-0.3, -0.25) is 4.90 Å². The van der Waals surface area contributed by atoms with Crippen molar-refractivity contribution in [3.05, 3.63) is 35.7 Å². The standard InChI is InChI=1S/C15H23N7/c1-4-22(10-13-18-14(16)20-15(17)19-13)9-11-5-7-12(8-6-11)21(2)3/h5-8H,4,9-10H2,1-3H3,(H4,16,17,18,19,20). The van der Waals surface area contributed by atoms with Gasteiger partial charge in [-0.1, -0.05) is 19.1 Å². The van der Waals surface area contributed by atoms with Crippen molar-refractivity contribution in [3.63, 3.8) is 0 Å². The Morgan fingerprint density at radius 1 is 0.909 bits per heavy atom. The Balaban J connectivity index is 2.05. The quantitative estimate of drug-likeness (QED) is 0.825. The first-order chi connectivity index (χ1) is 10.5. The Kier molecular flexibility index (Phi) is 5.11. The first kappa shape index (κ1) is 16.0. The molecule has 0 atom stereocenters. The Hall–Kier alpha value is -2.41. The van der Waals surface area contributed by atoms with Crippen LogP contribution in [0.5, 0.6) is 0 Å². The van der Waals surface area contributed by atoms with Crippen LogP contribution in [0.3, 0.4) is 0 Å². The van der Waals surface area contributed by atoms with Crippen LogP contribution in [0.25, 0.3) is 0 Å². The van der Waals surface area contributed by atoms with Gasteiger partial charge >= 0.3 is 0 Å². The van der Waals surface area contributed by atoms with E-state index in [1.165, 1.54) is 11.3 Å². The Morgan fingerprint density at radius 2 is 1.50 bits per heavy atom. The molecule has 1 aromatic carbocycles. The number of aromatic nitrogens is 3. The van der Waals surface area contributed by atoms with Crippen LogP contribution in [-0.4, -0.2) is 40.5 Å².